The molecule has 0 aliphatic carbocycles. The largest absolute Gasteiger partial charge is 0.480 e. The Bertz CT molecular complexity index is 1040. The van der Waals surface area contributed by atoms with Crippen LogP contribution < -0.4 is 15.4 Å². The summed E-state index contributed by atoms with van der Waals surface area (Å²) < 4.78 is 5.90. The van der Waals surface area contributed by atoms with E-state index in [4.69, 9.17) is 4.74 Å². The van der Waals surface area contributed by atoms with Crippen LogP contribution in [0.15, 0.2) is 66.7 Å². The summed E-state index contributed by atoms with van der Waals surface area (Å²) in [6.45, 7) is 7.52. The molecule has 1 atom stereocenters. The first-order chi connectivity index (χ1) is 14.3. The van der Waals surface area contributed by atoms with Crippen molar-refractivity contribution in [1.82, 2.24) is 0 Å². The molecule has 0 fully saturated rings. The lowest BCUT2D eigenvalue weighted by molar-refractivity contribution is -0.122. The maximum Gasteiger partial charge on any atom is 0.265 e. The monoisotopic (exact) mass is 402 g/mol. The van der Waals surface area contributed by atoms with Gasteiger partial charge < -0.3 is 15.4 Å². The van der Waals surface area contributed by atoms with Crippen molar-refractivity contribution >= 4 is 23.2 Å². The van der Waals surface area contributed by atoms with Gasteiger partial charge in [-0.25, -0.2) is 0 Å². The number of amides is 2. The van der Waals surface area contributed by atoms with Crippen LogP contribution in [0.25, 0.3) is 0 Å². The molecule has 0 heterocycles. The van der Waals surface area contributed by atoms with Gasteiger partial charge in [0.05, 0.1) is 0 Å². The van der Waals surface area contributed by atoms with Crippen LogP contribution in [0.5, 0.6) is 5.75 Å². The SMILES string of the molecule is Cc1cc(NC(=O)C(C)Oc2c(C)cccc2C)ccc1NC(=O)c1ccccc1. The fourth-order valence-corrected chi connectivity index (χ4v) is 3.12. The number of para-hydroxylation sites is 1. The summed E-state index contributed by atoms with van der Waals surface area (Å²) in [5, 5.41) is 5.78. The second-order valence-corrected chi connectivity index (χ2v) is 7.32. The van der Waals surface area contributed by atoms with Crippen molar-refractivity contribution in [3.05, 3.63) is 89.0 Å². The van der Waals surface area contributed by atoms with Crippen LogP contribution >= 0.6 is 0 Å². The van der Waals surface area contributed by atoms with Crippen LogP contribution in [0.1, 0.15) is 34.0 Å². The van der Waals surface area contributed by atoms with E-state index in [0.717, 1.165) is 22.4 Å². The number of ether oxygens (including phenoxy) is 1. The molecule has 0 aliphatic heterocycles. The molecule has 2 amide bonds. The minimum Gasteiger partial charge on any atom is -0.480 e. The molecule has 154 valence electrons. The fourth-order valence-electron chi connectivity index (χ4n) is 3.12. The average Bonchev–Trinajstić information content (AvgIpc) is 2.73. The molecule has 0 aromatic heterocycles. The highest BCUT2D eigenvalue weighted by atomic mass is 16.5. The lowest BCUT2D eigenvalue weighted by Gasteiger charge is -2.18. The van der Waals surface area contributed by atoms with Gasteiger partial charge in [0.1, 0.15) is 5.75 Å². The zero-order valence-corrected chi connectivity index (χ0v) is 17.7. The van der Waals surface area contributed by atoms with E-state index in [1.807, 2.05) is 63.2 Å². The van der Waals surface area contributed by atoms with Crippen molar-refractivity contribution in [2.24, 2.45) is 0 Å². The smallest absolute Gasteiger partial charge is 0.265 e. The van der Waals surface area contributed by atoms with Crippen LogP contribution in [0.2, 0.25) is 0 Å². The summed E-state index contributed by atoms with van der Waals surface area (Å²) in [6, 6.07) is 20.3. The summed E-state index contributed by atoms with van der Waals surface area (Å²) in [7, 11) is 0. The molecule has 5 nitrogen and oxygen atoms in total. The van der Waals surface area contributed by atoms with E-state index in [-0.39, 0.29) is 11.8 Å². The second-order valence-electron chi connectivity index (χ2n) is 7.32. The van der Waals surface area contributed by atoms with Crippen LogP contribution in [0, 0.1) is 20.8 Å². The van der Waals surface area contributed by atoms with Crippen LogP contribution in [0.4, 0.5) is 11.4 Å². The number of anilines is 2. The number of hydrogen-bond donors (Lipinski definition) is 2. The molecule has 0 aliphatic rings. The molecule has 0 bridgehead atoms. The lowest BCUT2D eigenvalue weighted by Crippen LogP contribution is -2.30. The first-order valence-corrected chi connectivity index (χ1v) is 9.86. The Hall–Kier alpha value is -3.60. The Kier molecular flexibility index (Phi) is 6.52. The molecule has 0 saturated heterocycles. The van der Waals surface area contributed by atoms with E-state index in [1.54, 1.807) is 31.2 Å². The maximum absolute atomic E-state index is 12.6. The Morgan fingerprint density at radius 2 is 1.47 bits per heavy atom. The van der Waals surface area contributed by atoms with Crippen LogP contribution in [0.3, 0.4) is 0 Å². The minimum atomic E-state index is -0.650. The van der Waals surface area contributed by atoms with Crippen molar-refractivity contribution < 1.29 is 14.3 Å². The van der Waals surface area contributed by atoms with Gasteiger partial charge in [0.2, 0.25) is 0 Å². The summed E-state index contributed by atoms with van der Waals surface area (Å²) in [6.07, 6.45) is -0.650. The molecule has 0 saturated carbocycles. The third-order valence-corrected chi connectivity index (χ3v) is 4.85. The summed E-state index contributed by atoms with van der Waals surface area (Å²) in [5.74, 6) is 0.319. The van der Waals surface area contributed by atoms with Gasteiger partial charge in [0.15, 0.2) is 6.10 Å². The predicted octanol–water partition coefficient (Wildman–Crippen LogP) is 5.27. The number of hydrogen-bond acceptors (Lipinski definition) is 3. The Morgan fingerprint density at radius 1 is 0.800 bits per heavy atom. The zero-order chi connectivity index (χ0) is 21.7. The highest BCUT2D eigenvalue weighted by molar-refractivity contribution is 6.04. The van der Waals surface area contributed by atoms with Gasteiger partial charge in [-0.1, -0.05) is 36.4 Å². The number of carbonyl (C=O) groups excluding carboxylic acids is 2. The second kappa shape index (κ2) is 9.27. The summed E-state index contributed by atoms with van der Waals surface area (Å²) >= 11 is 0. The van der Waals surface area contributed by atoms with Crippen molar-refractivity contribution in [2.75, 3.05) is 10.6 Å². The predicted molar refractivity (Wildman–Crippen MR) is 120 cm³/mol. The molecule has 2 N–H and O–H groups in total. The molecule has 30 heavy (non-hydrogen) atoms. The minimum absolute atomic E-state index is 0.175. The summed E-state index contributed by atoms with van der Waals surface area (Å²) in [5.41, 5.74) is 4.76. The topological polar surface area (TPSA) is 67.4 Å². The Labute approximate surface area is 177 Å². The van der Waals surface area contributed by atoms with Gasteiger partial charge in [-0.3, -0.25) is 9.59 Å². The van der Waals surface area contributed by atoms with Gasteiger partial charge >= 0.3 is 0 Å². The number of carbonyl (C=O) groups is 2. The molecular weight excluding hydrogens is 376 g/mol. The first-order valence-electron chi connectivity index (χ1n) is 9.86. The molecule has 5 heteroatoms. The highest BCUT2D eigenvalue weighted by Gasteiger charge is 2.17. The van der Waals surface area contributed by atoms with Gasteiger partial charge in [0, 0.05) is 16.9 Å². The molecule has 1 unspecified atom stereocenters. The third kappa shape index (κ3) is 5.06. The number of benzene rings is 3. The maximum atomic E-state index is 12.6. The van der Waals surface area contributed by atoms with E-state index < -0.39 is 6.10 Å². The average molecular weight is 402 g/mol. The molecule has 3 aromatic carbocycles. The van der Waals surface area contributed by atoms with Crippen molar-refractivity contribution in [2.45, 2.75) is 33.8 Å². The van der Waals surface area contributed by atoms with E-state index >= 15 is 0 Å². The molecule has 3 aromatic rings. The summed E-state index contributed by atoms with van der Waals surface area (Å²) in [4.78, 5) is 24.9. The number of rotatable bonds is 6. The van der Waals surface area contributed by atoms with E-state index in [2.05, 4.69) is 10.6 Å². The number of nitrogens with one attached hydrogen (secondary N) is 2. The molecule has 0 spiro atoms. The van der Waals surface area contributed by atoms with Gasteiger partial charge in [-0.05, 0) is 74.7 Å². The Morgan fingerprint density at radius 3 is 2.10 bits per heavy atom. The van der Waals surface area contributed by atoms with Crippen molar-refractivity contribution in [3.8, 4) is 5.75 Å². The van der Waals surface area contributed by atoms with Gasteiger partial charge in [-0.2, -0.15) is 0 Å². The lowest BCUT2D eigenvalue weighted by atomic mass is 10.1. The normalized spacial score (nSPS) is 11.5. The molecule has 3 rings (SSSR count). The van der Waals surface area contributed by atoms with Crippen LogP contribution in [-0.4, -0.2) is 17.9 Å². The highest BCUT2D eigenvalue weighted by Crippen LogP contribution is 2.24. The molecule has 0 radical (unpaired) electrons. The van der Waals surface area contributed by atoms with Crippen molar-refractivity contribution in [3.63, 3.8) is 0 Å². The third-order valence-electron chi connectivity index (χ3n) is 4.85. The zero-order valence-electron chi connectivity index (χ0n) is 17.7. The quantitative estimate of drug-likeness (QED) is 0.590. The van der Waals surface area contributed by atoms with Gasteiger partial charge in [0.25, 0.3) is 11.8 Å². The fraction of sp³-hybridized carbons (Fsp3) is 0.200. The van der Waals surface area contributed by atoms with Crippen molar-refractivity contribution in [1.29, 1.82) is 0 Å². The van der Waals surface area contributed by atoms with E-state index in [1.165, 1.54) is 0 Å². The first kappa shape index (κ1) is 21.1. The standard InChI is InChI=1S/C25H26N2O3/c1-16-9-8-10-17(2)23(16)30-19(4)24(28)26-21-13-14-22(18(3)15-21)27-25(29)20-11-6-5-7-12-20/h5-15,19H,1-4H3,(H,26,28)(H,27,29). The van der Waals surface area contributed by atoms with Gasteiger partial charge in [-0.15, -0.1) is 0 Å². The van der Waals surface area contributed by atoms with E-state index in [0.29, 0.717) is 16.9 Å². The molecular formula is C25H26N2O3. The van der Waals surface area contributed by atoms with E-state index in [9.17, 15) is 9.59 Å². The Balaban J connectivity index is 1.65. The number of aryl methyl sites for hydroxylation is 3. The van der Waals surface area contributed by atoms with Crippen LogP contribution in [-0.2, 0) is 4.79 Å².